The summed E-state index contributed by atoms with van der Waals surface area (Å²) in [6.07, 6.45) is 0. The summed E-state index contributed by atoms with van der Waals surface area (Å²) in [5.74, 6) is 0.547. The first kappa shape index (κ1) is 21.9. The lowest BCUT2D eigenvalue weighted by Crippen LogP contribution is -2.52. The van der Waals surface area contributed by atoms with Crippen molar-refractivity contribution in [2.45, 2.75) is 13.0 Å². The van der Waals surface area contributed by atoms with E-state index in [2.05, 4.69) is 16.3 Å². The topological polar surface area (TPSA) is 61.9 Å². The average molecular weight is 450 g/mol. The van der Waals surface area contributed by atoms with Crippen molar-refractivity contribution in [1.29, 1.82) is 0 Å². The number of hydrogen-bond donors (Lipinski definition) is 1. The second-order valence-electron chi connectivity index (χ2n) is 7.51. The van der Waals surface area contributed by atoms with Crippen molar-refractivity contribution in [3.63, 3.8) is 0 Å². The molecule has 1 aromatic heterocycles. The Morgan fingerprint density at radius 3 is 2.38 bits per heavy atom. The predicted molar refractivity (Wildman–Crippen MR) is 127 cm³/mol. The number of thiophene rings is 1. The molecule has 2 amide bonds. The maximum Gasteiger partial charge on any atom is 0.262 e. The van der Waals surface area contributed by atoms with Crippen molar-refractivity contribution < 1.29 is 14.3 Å². The van der Waals surface area contributed by atoms with Gasteiger partial charge in [-0.25, -0.2) is 0 Å². The van der Waals surface area contributed by atoms with Gasteiger partial charge in [0.2, 0.25) is 5.91 Å². The third kappa shape index (κ3) is 4.94. The Hall–Kier alpha value is -3.32. The van der Waals surface area contributed by atoms with Crippen LogP contribution >= 0.6 is 11.3 Å². The normalized spacial score (nSPS) is 14.7. The number of ether oxygens (including phenoxy) is 1. The molecule has 1 saturated heterocycles. The smallest absolute Gasteiger partial charge is 0.262 e. The van der Waals surface area contributed by atoms with E-state index >= 15 is 0 Å². The Morgan fingerprint density at radius 1 is 0.969 bits per heavy atom. The van der Waals surface area contributed by atoms with Crippen LogP contribution in [0.4, 0.5) is 5.69 Å². The van der Waals surface area contributed by atoms with Gasteiger partial charge in [0.15, 0.2) is 0 Å². The van der Waals surface area contributed by atoms with E-state index in [9.17, 15) is 9.59 Å². The molecular weight excluding hydrogens is 422 g/mol. The van der Waals surface area contributed by atoms with Crippen molar-refractivity contribution in [1.82, 2.24) is 10.2 Å². The third-order valence-electron chi connectivity index (χ3n) is 5.50. The van der Waals surface area contributed by atoms with E-state index in [4.69, 9.17) is 4.74 Å². The van der Waals surface area contributed by atoms with Gasteiger partial charge in [0.05, 0.1) is 17.2 Å². The minimum Gasteiger partial charge on any atom is -0.492 e. The zero-order valence-electron chi connectivity index (χ0n) is 18.1. The molecule has 0 saturated carbocycles. The van der Waals surface area contributed by atoms with E-state index in [1.165, 1.54) is 11.3 Å². The van der Waals surface area contributed by atoms with E-state index in [0.717, 1.165) is 17.0 Å². The largest absolute Gasteiger partial charge is 0.492 e. The number of para-hydroxylation sites is 2. The van der Waals surface area contributed by atoms with Gasteiger partial charge in [-0.05, 0) is 36.1 Å². The lowest BCUT2D eigenvalue weighted by atomic mass is 10.0. The molecule has 2 heterocycles. The maximum absolute atomic E-state index is 13.5. The molecule has 7 heteroatoms. The molecule has 1 atom stereocenters. The minimum absolute atomic E-state index is 0.0844. The summed E-state index contributed by atoms with van der Waals surface area (Å²) in [6.45, 7) is 5.15. The molecule has 0 aliphatic carbocycles. The molecule has 6 nitrogen and oxygen atoms in total. The van der Waals surface area contributed by atoms with Gasteiger partial charge in [0.1, 0.15) is 11.8 Å². The molecule has 1 fully saturated rings. The molecule has 0 radical (unpaired) electrons. The van der Waals surface area contributed by atoms with Crippen molar-refractivity contribution in [2.24, 2.45) is 0 Å². The molecule has 166 valence electrons. The van der Waals surface area contributed by atoms with Crippen molar-refractivity contribution in [3.05, 3.63) is 82.6 Å². The first-order valence-electron chi connectivity index (χ1n) is 10.8. The zero-order valence-corrected chi connectivity index (χ0v) is 18.9. The lowest BCUT2D eigenvalue weighted by molar-refractivity contribution is -0.133. The fourth-order valence-electron chi connectivity index (χ4n) is 3.89. The summed E-state index contributed by atoms with van der Waals surface area (Å²) in [5, 5.41) is 4.80. The molecule has 1 N–H and O–H groups in total. The number of benzene rings is 2. The third-order valence-corrected chi connectivity index (χ3v) is 6.37. The molecule has 0 spiro atoms. The molecule has 0 bridgehead atoms. The molecule has 1 unspecified atom stereocenters. The Labute approximate surface area is 192 Å². The standard InChI is InChI=1S/C25H27N3O3S/c1-2-31-21-12-7-6-11-20(21)27-14-16-28(17-15-27)25(30)23(19-9-4-3-5-10-19)26-24(29)22-13-8-18-32-22/h3-13,18,23H,2,14-17H2,1H3,(H,26,29). The van der Waals surface area contributed by atoms with Gasteiger partial charge in [-0.1, -0.05) is 48.5 Å². The van der Waals surface area contributed by atoms with Crippen LogP contribution in [0, 0.1) is 0 Å². The Bertz CT molecular complexity index is 1030. The summed E-state index contributed by atoms with van der Waals surface area (Å²) >= 11 is 1.36. The number of piperazine rings is 1. The van der Waals surface area contributed by atoms with E-state index in [1.54, 1.807) is 6.07 Å². The average Bonchev–Trinajstić information content (AvgIpc) is 3.39. The minimum atomic E-state index is -0.715. The van der Waals surface area contributed by atoms with Crippen LogP contribution in [0.2, 0.25) is 0 Å². The number of nitrogens with one attached hydrogen (secondary N) is 1. The number of carbonyl (C=O) groups is 2. The van der Waals surface area contributed by atoms with Crippen LogP contribution < -0.4 is 15.0 Å². The number of hydrogen-bond acceptors (Lipinski definition) is 5. The SMILES string of the molecule is CCOc1ccccc1N1CCN(C(=O)C(NC(=O)c2cccs2)c2ccccc2)CC1. The molecule has 1 aliphatic rings. The van der Waals surface area contributed by atoms with Crippen molar-refractivity contribution in [2.75, 3.05) is 37.7 Å². The van der Waals surface area contributed by atoms with E-state index in [1.807, 2.05) is 71.8 Å². The van der Waals surface area contributed by atoms with Crippen molar-refractivity contribution >= 4 is 28.8 Å². The second kappa shape index (κ2) is 10.3. The molecule has 1 aliphatic heterocycles. The number of rotatable bonds is 7. The van der Waals surface area contributed by atoms with Gasteiger partial charge in [0.25, 0.3) is 5.91 Å². The van der Waals surface area contributed by atoms with Crippen LogP contribution in [0.3, 0.4) is 0 Å². The summed E-state index contributed by atoms with van der Waals surface area (Å²) in [6, 6.07) is 20.3. The summed E-state index contributed by atoms with van der Waals surface area (Å²) < 4.78 is 5.77. The maximum atomic E-state index is 13.5. The molecule has 4 rings (SSSR count). The monoisotopic (exact) mass is 449 g/mol. The number of carbonyl (C=O) groups excluding carboxylic acids is 2. The highest BCUT2D eigenvalue weighted by atomic mass is 32.1. The number of amides is 2. The molecule has 3 aromatic rings. The van der Waals surface area contributed by atoms with Crippen LogP contribution in [-0.2, 0) is 4.79 Å². The van der Waals surface area contributed by atoms with Gasteiger partial charge in [0, 0.05) is 26.2 Å². The van der Waals surface area contributed by atoms with Gasteiger partial charge in [-0.15, -0.1) is 11.3 Å². The van der Waals surface area contributed by atoms with Crippen LogP contribution in [0.15, 0.2) is 72.1 Å². The van der Waals surface area contributed by atoms with Crippen molar-refractivity contribution in [3.8, 4) is 5.75 Å². The highest BCUT2D eigenvalue weighted by molar-refractivity contribution is 7.12. The van der Waals surface area contributed by atoms with Crippen LogP contribution in [0.25, 0.3) is 0 Å². The fourth-order valence-corrected chi connectivity index (χ4v) is 4.52. The lowest BCUT2D eigenvalue weighted by Gasteiger charge is -2.38. The molecule has 32 heavy (non-hydrogen) atoms. The summed E-state index contributed by atoms with van der Waals surface area (Å²) in [4.78, 5) is 30.9. The van der Waals surface area contributed by atoms with E-state index in [-0.39, 0.29) is 11.8 Å². The van der Waals surface area contributed by atoms with Crippen LogP contribution in [-0.4, -0.2) is 49.5 Å². The summed E-state index contributed by atoms with van der Waals surface area (Å²) in [7, 11) is 0. The predicted octanol–water partition coefficient (Wildman–Crippen LogP) is 3.97. The van der Waals surface area contributed by atoms with E-state index in [0.29, 0.717) is 37.7 Å². The summed E-state index contributed by atoms with van der Waals surface area (Å²) in [5.41, 5.74) is 1.83. The van der Waals surface area contributed by atoms with Gasteiger partial charge in [-0.3, -0.25) is 9.59 Å². The number of anilines is 1. The van der Waals surface area contributed by atoms with Crippen LogP contribution in [0.5, 0.6) is 5.75 Å². The van der Waals surface area contributed by atoms with Crippen LogP contribution in [0.1, 0.15) is 28.2 Å². The van der Waals surface area contributed by atoms with Gasteiger partial charge >= 0.3 is 0 Å². The second-order valence-corrected chi connectivity index (χ2v) is 8.46. The van der Waals surface area contributed by atoms with E-state index < -0.39 is 6.04 Å². The molecular formula is C25H27N3O3S. The quantitative estimate of drug-likeness (QED) is 0.593. The Kier molecular flexibility index (Phi) is 7.07. The highest BCUT2D eigenvalue weighted by Gasteiger charge is 2.30. The zero-order chi connectivity index (χ0) is 22.3. The number of nitrogens with zero attached hydrogens (tertiary/aromatic N) is 2. The highest BCUT2D eigenvalue weighted by Crippen LogP contribution is 2.29. The van der Waals surface area contributed by atoms with Gasteiger partial charge < -0.3 is 19.9 Å². The van der Waals surface area contributed by atoms with Gasteiger partial charge in [-0.2, -0.15) is 0 Å². The first-order valence-corrected chi connectivity index (χ1v) is 11.7. The first-order chi connectivity index (χ1) is 15.7. The fraction of sp³-hybridized carbons (Fsp3) is 0.280. The Morgan fingerprint density at radius 2 is 1.69 bits per heavy atom. The Balaban J connectivity index is 1.47. The molecule has 2 aromatic carbocycles.